The van der Waals surface area contributed by atoms with Gasteiger partial charge in [-0.25, -0.2) is 0 Å². The molecule has 0 amide bonds. The van der Waals surface area contributed by atoms with Crippen molar-refractivity contribution in [3.05, 3.63) is 23.8 Å². The third kappa shape index (κ3) is 3.33. The van der Waals surface area contributed by atoms with Crippen LogP contribution in [0.2, 0.25) is 0 Å². The third-order valence-electron chi connectivity index (χ3n) is 1.76. The number of alkyl halides is 3. The average Bonchev–Trinajstić information content (AvgIpc) is 1.97. The van der Waals surface area contributed by atoms with Gasteiger partial charge in [-0.2, -0.15) is 13.2 Å². The molecule has 0 aliphatic rings. The molecule has 1 nitrogen and oxygen atoms in total. The number of hydrogen-bond acceptors (Lipinski definition) is 2. The van der Waals surface area contributed by atoms with Crippen LogP contribution in [-0.4, -0.2) is 4.75 Å². The van der Waals surface area contributed by atoms with Crippen LogP contribution in [0.3, 0.4) is 0 Å². The second-order valence-corrected chi connectivity index (χ2v) is 6.30. The smallest absolute Gasteiger partial charge is 0.398 e. The number of anilines is 1. The zero-order valence-electron chi connectivity index (χ0n) is 9.35. The zero-order chi connectivity index (χ0) is 12.6. The maximum atomic E-state index is 12.8. The Morgan fingerprint density at radius 3 is 2.12 bits per heavy atom. The van der Waals surface area contributed by atoms with Gasteiger partial charge in [-0.3, -0.25) is 0 Å². The van der Waals surface area contributed by atoms with Gasteiger partial charge < -0.3 is 5.73 Å². The van der Waals surface area contributed by atoms with E-state index in [9.17, 15) is 13.2 Å². The fourth-order valence-corrected chi connectivity index (χ4v) is 2.41. The van der Waals surface area contributed by atoms with Crippen LogP contribution in [-0.2, 0) is 6.18 Å². The first-order chi connectivity index (χ1) is 7.11. The van der Waals surface area contributed by atoms with E-state index in [1.165, 1.54) is 23.9 Å². The van der Waals surface area contributed by atoms with Crippen LogP contribution in [0.5, 0.6) is 0 Å². The van der Waals surface area contributed by atoms with Crippen molar-refractivity contribution in [2.45, 2.75) is 36.6 Å². The number of nitrogen functional groups attached to an aromatic ring is 1. The third-order valence-corrected chi connectivity index (χ3v) is 2.93. The normalized spacial score (nSPS) is 12.9. The van der Waals surface area contributed by atoms with Crippen molar-refractivity contribution in [1.29, 1.82) is 0 Å². The van der Waals surface area contributed by atoms with Gasteiger partial charge in [-0.1, -0.05) is 26.8 Å². The molecule has 0 atom stereocenters. The molecule has 1 aromatic carbocycles. The second kappa shape index (κ2) is 4.20. The molecule has 0 heterocycles. The minimum absolute atomic E-state index is 0.181. The van der Waals surface area contributed by atoms with Crippen LogP contribution < -0.4 is 5.73 Å². The van der Waals surface area contributed by atoms with Gasteiger partial charge in [-0.15, -0.1) is 11.8 Å². The lowest BCUT2D eigenvalue weighted by atomic mass is 10.2. The van der Waals surface area contributed by atoms with Crippen LogP contribution in [0.4, 0.5) is 18.9 Å². The molecule has 1 aromatic rings. The van der Waals surface area contributed by atoms with Crippen LogP contribution in [0, 0.1) is 0 Å². The van der Waals surface area contributed by atoms with Crippen LogP contribution in [0.15, 0.2) is 23.1 Å². The highest BCUT2D eigenvalue weighted by molar-refractivity contribution is 8.00. The van der Waals surface area contributed by atoms with Crippen LogP contribution >= 0.6 is 11.8 Å². The van der Waals surface area contributed by atoms with E-state index in [-0.39, 0.29) is 15.3 Å². The largest absolute Gasteiger partial charge is 0.419 e. The van der Waals surface area contributed by atoms with Crippen molar-refractivity contribution in [1.82, 2.24) is 0 Å². The van der Waals surface area contributed by atoms with Gasteiger partial charge in [0.2, 0.25) is 0 Å². The van der Waals surface area contributed by atoms with Gasteiger partial charge in [0.15, 0.2) is 0 Å². The lowest BCUT2D eigenvalue weighted by molar-refractivity contribution is -0.139. The Kier molecular flexibility index (Phi) is 3.47. The molecule has 0 fully saturated rings. The fourth-order valence-electron chi connectivity index (χ4n) is 1.27. The Morgan fingerprint density at radius 2 is 1.69 bits per heavy atom. The van der Waals surface area contributed by atoms with E-state index < -0.39 is 11.7 Å². The van der Waals surface area contributed by atoms with Crippen molar-refractivity contribution in [2.24, 2.45) is 0 Å². The molecule has 90 valence electrons. The number of hydrogen-bond donors (Lipinski definition) is 1. The molecule has 1 rings (SSSR count). The van der Waals surface area contributed by atoms with Gasteiger partial charge in [0.25, 0.3) is 0 Å². The molecule has 5 heteroatoms. The molecular formula is C11H14F3NS. The SMILES string of the molecule is CC(C)(C)Sc1cccc(N)c1C(F)(F)F. The summed E-state index contributed by atoms with van der Waals surface area (Å²) in [7, 11) is 0. The molecule has 0 aromatic heterocycles. The maximum absolute atomic E-state index is 12.8. The Balaban J connectivity index is 3.24. The van der Waals surface area contributed by atoms with Crippen molar-refractivity contribution in [3.63, 3.8) is 0 Å². The highest BCUT2D eigenvalue weighted by Gasteiger charge is 2.36. The highest BCUT2D eigenvalue weighted by Crippen LogP contribution is 2.43. The van der Waals surface area contributed by atoms with E-state index in [1.54, 1.807) is 6.07 Å². The predicted octanol–water partition coefficient (Wildman–Crippen LogP) is 4.18. The summed E-state index contributed by atoms with van der Waals surface area (Å²) in [5, 5.41) is 0. The molecule has 0 bridgehead atoms. The Bertz CT molecular complexity index is 380. The molecule has 0 spiro atoms. The maximum Gasteiger partial charge on any atom is 0.419 e. The molecule has 16 heavy (non-hydrogen) atoms. The summed E-state index contributed by atoms with van der Waals surface area (Å²) in [5.74, 6) is 0. The summed E-state index contributed by atoms with van der Waals surface area (Å²) >= 11 is 1.17. The van der Waals surface area contributed by atoms with Gasteiger partial charge in [0.1, 0.15) is 0 Å². The predicted molar refractivity (Wildman–Crippen MR) is 61.5 cm³/mol. The fraction of sp³-hybridized carbons (Fsp3) is 0.455. The molecule has 0 aliphatic carbocycles. The Hall–Kier alpha value is -0.840. The minimum Gasteiger partial charge on any atom is -0.398 e. The van der Waals surface area contributed by atoms with E-state index >= 15 is 0 Å². The first-order valence-electron chi connectivity index (χ1n) is 4.76. The average molecular weight is 249 g/mol. The number of nitrogens with two attached hydrogens (primary N) is 1. The Labute approximate surface area is 97.2 Å². The summed E-state index contributed by atoms with van der Waals surface area (Å²) in [4.78, 5) is 0.181. The molecule has 0 aliphatic heterocycles. The summed E-state index contributed by atoms with van der Waals surface area (Å²) in [5.41, 5.74) is 4.45. The first kappa shape index (κ1) is 13.2. The van der Waals surface area contributed by atoms with Gasteiger partial charge in [0, 0.05) is 15.3 Å². The van der Waals surface area contributed by atoms with E-state index in [0.717, 1.165) is 0 Å². The number of rotatable bonds is 1. The highest BCUT2D eigenvalue weighted by atomic mass is 32.2. The van der Waals surface area contributed by atoms with Gasteiger partial charge in [-0.05, 0) is 12.1 Å². The lowest BCUT2D eigenvalue weighted by Crippen LogP contribution is -2.14. The van der Waals surface area contributed by atoms with Crippen molar-refractivity contribution >= 4 is 17.4 Å². The quantitative estimate of drug-likeness (QED) is 0.597. The minimum atomic E-state index is -4.40. The monoisotopic (exact) mass is 249 g/mol. The van der Waals surface area contributed by atoms with E-state index in [0.29, 0.717) is 0 Å². The summed E-state index contributed by atoms with van der Waals surface area (Å²) in [6, 6.07) is 4.27. The van der Waals surface area contributed by atoms with Gasteiger partial charge >= 0.3 is 6.18 Å². The molecular weight excluding hydrogens is 235 g/mol. The van der Waals surface area contributed by atoms with Gasteiger partial charge in [0.05, 0.1) is 5.56 Å². The van der Waals surface area contributed by atoms with Crippen molar-refractivity contribution in [2.75, 3.05) is 5.73 Å². The topological polar surface area (TPSA) is 26.0 Å². The first-order valence-corrected chi connectivity index (χ1v) is 5.57. The zero-order valence-corrected chi connectivity index (χ0v) is 10.2. The summed E-state index contributed by atoms with van der Waals surface area (Å²) in [6.45, 7) is 5.59. The molecule has 2 N–H and O–H groups in total. The van der Waals surface area contributed by atoms with E-state index in [2.05, 4.69) is 0 Å². The standard InChI is InChI=1S/C11H14F3NS/c1-10(2,3)16-8-6-4-5-7(15)9(8)11(12,13)14/h4-6H,15H2,1-3H3. The number of benzene rings is 1. The van der Waals surface area contributed by atoms with E-state index in [4.69, 9.17) is 5.73 Å². The molecule has 0 radical (unpaired) electrons. The van der Waals surface area contributed by atoms with Crippen LogP contribution in [0.25, 0.3) is 0 Å². The van der Waals surface area contributed by atoms with E-state index in [1.807, 2.05) is 20.8 Å². The van der Waals surface area contributed by atoms with Crippen LogP contribution in [0.1, 0.15) is 26.3 Å². The molecule has 0 unspecified atom stereocenters. The van der Waals surface area contributed by atoms with Crippen molar-refractivity contribution in [3.8, 4) is 0 Å². The number of halogens is 3. The lowest BCUT2D eigenvalue weighted by Gasteiger charge is -2.21. The number of thioether (sulfide) groups is 1. The second-order valence-electron chi connectivity index (χ2n) is 4.43. The molecule has 0 saturated carbocycles. The Morgan fingerprint density at radius 1 is 1.12 bits per heavy atom. The summed E-state index contributed by atoms with van der Waals surface area (Å²) < 4.78 is 38.1. The summed E-state index contributed by atoms with van der Waals surface area (Å²) in [6.07, 6.45) is -4.40. The van der Waals surface area contributed by atoms with Crippen molar-refractivity contribution < 1.29 is 13.2 Å². The molecule has 0 saturated heterocycles.